The summed E-state index contributed by atoms with van der Waals surface area (Å²) in [5.41, 5.74) is 8.59. The van der Waals surface area contributed by atoms with Gasteiger partial charge in [-0.2, -0.15) is 0 Å². The lowest BCUT2D eigenvalue weighted by Crippen LogP contribution is -2.32. The van der Waals surface area contributed by atoms with Crippen molar-refractivity contribution >= 4 is 5.91 Å². The summed E-state index contributed by atoms with van der Waals surface area (Å²) in [5.74, 6) is 0.208. The maximum Gasteiger partial charge on any atom is 0.273 e. The van der Waals surface area contributed by atoms with E-state index in [1.165, 1.54) is 17.9 Å². The summed E-state index contributed by atoms with van der Waals surface area (Å²) in [6, 6.07) is 9.41. The maximum absolute atomic E-state index is 11.7. The average Bonchev–Trinajstić information content (AvgIpc) is 2.98. The molecule has 0 spiro atoms. The quantitative estimate of drug-likeness (QED) is 0.875. The minimum absolute atomic E-state index is 0.243. The van der Waals surface area contributed by atoms with Gasteiger partial charge >= 0.3 is 0 Å². The Morgan fingerprint density at radius 3 is 2.45 bits per heavy atom. The first-order valence-electron chi connectivity index (χ1n) is 6.62. The van der Waals surface area contributed by atoms with E-state index in [1.807, 2.05) is 12.1 Å². The topological polar surface area (TPSA) is 81.1 Å². The third-order valence-electron chi connectivity index (χ3n) is 3.18. The second kappa shape index (κ2) is 6.34. The van der Waals surface area contributed by atoms with Gasteiger partial charge in [0.1, 0.15) is 6.26 Å². The van der Waals surface area contributed by atoms with Gasteiger partial charge in [-0.3, -0.25) is 4.79 Å². The first-order valence-corrected chi connectivity index (χ1v) is 6.62. The molecule has 0 saturated carbocycles. The van der Waals surface area contributed by atoms with Crippen LogP contribution in [0.5, 0.6) is 0 Å². The van der Waals surface area contributed by atoms with Crippen LogP contribution in [0.3, 0.4) is 0 Å². The lowest BCUT2D eigenvalue weighted by atomic mass is 9.99. The molecule has 106 valence electrons. The molecule has 0 radical (unpaired) electrons. The van der Waals surface area contributed by atoms with Crippen molar-refractivity contribution in [2.45, 2.75) is 25.8 Å². The van der Waals surface area contributed by atoms with Crippen LogP contribution in [-0.2, 0) is 0 Å². The summed E-state index contributed by atoms with van der Waals surface area (Å²) in [6.07, 6.45) is 1.36. The van der Waals surface area contributed by atoms with E-state index >= 15 is 0 Å². The molecule has 1 atom stereocenters. The highest BCUT2D eigenvalue weighted by Gasteiger charge is 2.12. The molecule has 2 aromatic rings. The fraction of sp³-hybridized carbons (Fsp3) is 0.333. The van der Waals surface area contributed by atoms with Crippen molar-refractivity contribution in [2.24, 2.45) is 5.73 Å². The molecule has 0 saturated heterocycles. The zero-order valence-electron chi connectivity index (χ0n) is 11.7. The summed E-state index contributed by atoms with van der Waals surface area (Å²) in [4.78, 5) is 11.7. The first-order chi connectivity index (χ1) is 9.58. The number of aromatic nitrogens is 1. The van der Waals surface area contributed by atoms with Crippen molar-refractivity contribution in [3.05, 3.63) is 53.4 Å². The van der Waals surface area contributed by atoms with Gasteiger partial charge in [-0.1, -0.05) is 43.3 Å². The Hall–Kier alpha value is -2.14. The lowest BCUT2D eigenvalue weighted by molar-refractivity contribution is 0.0942. The smallest absolute Gasteiger partial charge is 0.273 e. The number of carbonyl (C=O) groups is 1. The van der Waals surface area contributed by atoms with Crippen LogP contribution in [0.2, 0.25) is 0 Å². The summed E-state index contributed by atoms with van der Waals surface area (Å²) < 4.78 is 4.62. The van der Waals surface area contributed by atoms with Crippen LogP contribution in [-0.4, -0.2) is 17.6 Å². The zero-order valence-corrected chi connectivity index (χ0v) is 11.7. The van der Waals surface area contributed by atoms with Gasteiger partial charge in [0.05, 0.1) is 0 Å². The van der Waals surface area contributed by atoms with E-state index in [1.54, 1.807) is 0 Å². The zero-order chi connectivity index (χ0) is 14.5. The summed E-state index contributed by atoms with van der Waals surface area (Å²) in [7, 11) is 0. The predicted molar refractivity (Wildman–Crippen MR) is 76.3 cm³/mol. The monoisotopic (exact) mass is 273 g/mol. The van der Waals surface area contributed by atoms with Gasteiger partial charge in [-0.15, -0.1) is 0 Å². The van der Waals surface area contributed by atoms with Gasteiger partial charge in [0.2, 0.25) is 0 Å². The number of amides is 1. The lowest BCUT2D eigenvalue weighted by Gasteiger charge is -2.14. The van der Waals surface area contributed by atoms with Crippen LogP contribution in [0.25, 0.3) is 0 Å². The highest BCUT2D eigenvalue weighted by atomic mass is 16.5. The SMILES string of the molecule is CC(C)c1ccc(C(N)CNC(=O)c2ccon2)cc1. The van der Waals surface area contributed by atoms with Crippen LogP contribution in [0.1, 0.15) is 47.4 Å². The molecule has 5 heteroatoms. The van der Waals surface area contributed by atoms with E-state index in [2.05, 4.69) is 41.0 Å². The Labute approximate surface area is 118 Å². The number of benzene rings is 1. The van der Waals surface area contributed by atoms with E-state index in [-0.39, 0.29) is 17.6 Å². The minimum atomic E-state index is -0.284. The Bertz CT molecular complexity index is 547. The molecule has 1 unspecified atom stereocenters. The largest absolute Gasteiger partial charge is 0.364 e. The summed E-state index contributed by atoms with van der Waals surface area (Å²) in [5, 5.41) is 6.30. The molecule has 0 fully saturated rings. The van der Waals surface area contributed by atoms with E-state index in [0.29, 0.717) is 12.5 Å². The van der Waals surface area contributed by atoms with Gasteiger partial charge in [-0.05, 0) is 17.0 Å². The molecule has 2 rings (SSSR count). The van der Waals surface area contributed by atoms with E-state index in [0.717, 1.165) is 5.56 Å². The molecule has 0 aliphatic rings. The molecule has 0 aliphatic heterocycles. The maximum atomic E-state index is 11.7. The van der Waals surface area contributed by atoms with Crippen molar-refractivity contribution in [3.8, 4) is 0 Å². The molecule has 0 bridgehead atoms. The Morgan fingerprint density at radius 2 is 1.90 bits per heavy atom. The average molecular weight is 273 g/mol. The highest BCUT2D eigenvalue weighted by Crippen LogP contribution is 2.17. The second-order valence-electron chi connectivity index (χ2n) is 5.02. The number of hydrogen-bond acceptors (Lipinski definition) is 4. The van der Waals surface area contributed by atoms with Crippen LogP contribution in [0.4, 0.5) is 0 Å². The number of carbonyl (C=O) groups excluding carboxylic acids is 1. The van der Waals surface area contributed by atoms with Crippen molar-refractivity contribution in [1.82, 2.24) is 10.5 Å². The normalized spacial score (nSPS) is 12.4. The van der Waals surface area contributed by atoms with E-state index < -0.39 is 0 Å². The molecule has 1 aromatic heterocycles. The van der Waals surface area contributed by atoms with Crippen LogP contribution in [0, 0.1) is 0 Å². The first kappa shape index (κ1) is 14.3. The number of hydrogen-bond donors (Lipinski definition) is 2. The number of nitrogens with two attached hydrogens (primary N) is 1. The number of rotatable bonds is 5. The molecule has 1 heterocycles. The van der Waals surface area contributed by atoms with E-state index in [9.17, 15) is 4.79 Å². The molecule has 1 amide bonds. The fourth-order valence-corrected chi connectivity index (χ4v) is 1.87. The molecule has 20 heavy (non-hydrogen) atoms. The van der Waals surface area contributed by atoms with Gasteiger partial charge in [0.15, 0.2) is 5.69 Å². The van der Waals surface area contributed by atoms with Crippen molar-refractivity contribution < 1.29 is 9.32 Å². The fourth-order valence-electron chi connectivity index (χ4n) is 1.87. The molecular formula is C15H19N3O2. The molecule has 1 aromatic carbocycles. The Balaban J connectivity index is 1.91. The van der Waals surface area contributed by atoms with E-state index in [4.69, 9.17) is 5.73 Å². The number of nitrogens with zero attached hydrogens (tertiary/aromatic N) is 1. The van der Waals surface area contributed by atoms with Crippen molar-refractivity contribution in [3.63, 3.8) is 0 Å². The molecule has 3 N–H and O–H groups in total. The van der Waals surface area contributed by atoms with Gasteiger partial charge in [0, 0.05) is 18.7 Å². The molecular weight excluding hydrogens is 254 g/mol. The van der Waals surface area contributed by atoms with Crippen LogP contribution in [0.15, 0.2) is 41.1 Å². The third kappa shape index (κ3) is 3.45. The standard InChI is InChI=1S/C15H19N3O2/c1-10(2)11-3-5-12(6-4-11)13(16)9-17-15(19)14-7-8-20-18-14/h3-8,10,13H,9,16H2,1-2H3,(H,17,19). The van der Waals surface area contributed by atoms with Gasteiger partial charge in [-0.25, -0.2) is 0 Å². The van der Waals surface area contributed by atoms with Gasteiger partial charge < -0.3 is 15.6 Å². The molecule has 0 aliphatic carbocycles. The highest BCUT2D eigenvalue weighted by molar-refractivity contribution is 5.91. The Morgan fingerprint density at radius 1 is 1.25 bits per heavy atom. The summed E-state index contributed by atoms with van der Waals surface area (Å²) >= 11 is 0. The molecule has 5 nitrogen and oxygen atoms in total. The Kier molecular flexibility index (Phi) is 4.53. The predicted octanol–water partition coefficient (Wildman–Crippen LogP) is 2.23. The van der Waals surface area contributed by atoms with Crippen LogP contribution < -0.4 is 11.1 Å². The van der Waals surface area contributed by atoms with Crippen molar-refractivity contribution in [1.29, 1.82) is 0 Å². The third-order valence-corrected chi connectivity index (χ3v) is 3.18. The van der Waals surface area contributed by atoms with Crippen LogP contribution >= 0.6 is 0 Å². The van der Waals surface area contributed by atoms with Gasteiger partial charge in [0.25, 0.3) is 5.91 Å². The number of nitrogens with one attached hydrogen (secondary N) is 1. The second-order valence-corrected chi connectivity index (χ2v) is 5.02. The summed E-state index contributed by atoms with van der Waals surface area (Å²) in [6.45, 7) is 4.65. The van der Waals surface area contributed by atoms with Crippen molar-refractivity contribution in [2.75, 3.05) is 6.54 Å². The minimum Gasteiger partial charge on any atom is -0.364 e.